The third-order valence-corrected chi connectivity index (χ3v) is 5.65. The lowest BCUT2D eigenvalue weighted by Crippen LogP contribution is -2.33. The molecule has 2 aromatic rings. The van der Waals surface area contributed by atoms with Gasteiger partial charge in [0.15, 0.2) is 46.5 Å². The molecular weight excluding hydrogens is 497 g/mol. The standard InChI is InChI=1S/C14HF14O2P/c15-3-1(13(23,24)25)4(16)8(20)11(7(3)19)31(29,30)12-9(21)5(17)2(14(26,27)28)6(18)10(12)22/h(H,29,30). The van der Waals surface area contributed by atoms with E-state index in [0.29, 0.717) is 0 Å². The van der Waals surface area contributed by atoms with Crippen LogP contribution in [0.4, 0.5) is 61.5 Å². The van der Waals surface area contributed by atoms with E-state index in [2.05, 4.69) is 0 Å². The molecule has 31 heavy (non-hydrogen) atoms. The van der Waals surface area contributed by atoms with Crippen molar-refractivity contribution in [3.8, 4) is 0 Å². The third-order valence-electron chi connectivity index (χ3n) is 3.65. The number of hydrogen-bond acceptors (Lipinski definition) is 1. The Morgan fingerprint density at radius 3 is 0.839 bits per heavy atom. The molecule has 2 nitrogen and oxygen atoms in total. The topological polar surface area (TPSA) is 37.3 Å². The van der Waals surface area contributed by atoms with Crippen LogP contribution in [0.15, 0.2) is 0 Å². The van der Waals surface area contributed by atoms with Gasteiger partial charge in [0.05, 0.1) is 0 Å². The van der Waals surface area contributed by atoms with Crippen LogP contribution in [-0.4, -0.2) is 4.89 Å². The highest BCUT2D eigenvalue weighted by Crippen LogP contribution is 2.47. The largest absolute Gasteiger partial charge is 0.422 e. The van der Waals surface area contributed by atoms with Gasteiger partial charge in [-0.15, -0.1) is 0 Å². The van der Waals surface area contributed by atoms with E-state index in [-0.39, 0.29) is 0 Å². The molecule has 0 saturated heterocycles. The third kappa shape index (κ3) is 3.75. The van der Waals surface area contributed by atoms with Crippen LogP contribution in [0.1, 0.15) is 11.1 Å². The fourth-order valence-corrected chi connectivity index (χ4v) is 4.06. The highest BCUT2D eigenvalue weighted by atomic mass is 31.2. The molecule has 0 atom stereocenters. The summed E-state index contributed by atoms with van der Waals surface area (Å²) in [5, 5.41) is -6.10. The second-order valence-corrected chi connectivity index (χ2v) is 7.58. The average molecular weight is 498 g/mol. The Morgan fingerprint density at radius 2 is 0.677 bits per heavy atom. The SMILES string of the molecule is O=P(O)(c1c(F)c(F)c(C(F)(F)F)c(F)c1F)c1c(F)c(F)c(C(F)(F)F)c(F)c1F. The Labute approximate surface area is 160 Å². The van der Waals surface area contributed by atoms with Crippen molar-refractivity contribution in [3.63, 3.8) is 0 Å². The van der Waals surface area contributed by atoms with Crippen molar-refractivity contribution in [1.82, 2.24) is 0 Å². The molecule has 0 unspecified atom stereocenters. The number of benzene rings is 2. The van der Waals surface area contributed by atoms with Gasteiger partial charge in [0.2, 0.25) is 0 Å². The maximum atomic E-state index is 13.9. The van der Waals surface area contributed by atoms with Crippen molar-refractivity contribution in [2.24, 2.45) is 0 Å². The number of halogens is 14. The van der Waals surface area contributed by atoms with Crippen molar-refractivity contribution in [3.05, 3.63) is 57.7 Å². The summed E-state index contributed by atoms with van der Waals surface area (Å²) >= 11 is 0. The fourth-order valence-electron chi connectivity index (χ4n) is 2.38. The van der Waals surface area contributed by atoms with Gasteiger partial charge in [-0.3, -0.25) is 4.57 Å². The summed E-state index contributed by atoms with van der Waals surface area (Å²) in [4.78, 5) is 9.63. The molecular formula is C14HF14O2P. The summed E-state index contributed by atoms with van der Waals surface area (Å²) in [6.07, 6.45) is -12.3. The Kier molecular flexibility index (Phi) is 5.92. The average Bonchev–Trinajstić information content (AvgIpc) is 2.56. The van der Waals surface area contributed by atoms with Crippen LogP contribution in [-0.2, 0) is 16.9 Å². The molecule has 172 valence electrons. The Balaban J connectivity index is 3.02. The van der Waals surface area contributed by atoms with E-state index in [1.165, 1.54) is 0 Å². The van der Waals surface area contributed by atoms with Crippen LogP contribution in [0.25, 0.3) is 0 Å². The second-order valence-electron chi connectivity index (χ2n) is 5.53. The molecule has 0 amide bonds. The number of rotatable bonds is 2. The predicted octanol–water partition coefficient (Wildman–Crippen LogP) is 5.06. The smallest absolute Gasteiger partial charge is 0.338 e. The summed E-state index contributed by atoms with van der Waals surface area (Å²) in [5.41, 5.74) is -6.56. The van der Waals surface area contributed by atoms with Crippen LogP contribution in [0, 0.1) is 46.5 Å². The van der Waals surface area contributed by atoms with Gasteiger partial charge in [0, 0.05) is 0 Å². The zero-order valence-corrected chi connectivity index (χ0v) is 14.5. The first-order valence-electron chi connectivity index (χ1n) is 6.98. The van der Waals surface area contributed by atoms with Gasteiger partial charge in [0.1, 0.15) is 21.7 Å². The van der Waals surface area contributed by atoms with Crippen LogP contribution in [0.5, 0.6) is 0 Å². The van der Waals surface area contributed by atoms with Crippen molar-refractivity contribution in [2.45, 2.75) is 12.4 Å². The molecule has 2 rings (SSSR count). The molecule has 2 aromatic carbocycles. The van der Waals surface area contributed by atoms with Gasteiger partial charge in [-0.25, -0.2) is 35.1 Å². The van der Waals surface area contributed by atoms with Crippen molar-refractivity contribution >= 4 is 18.0 Å². The lowest BCUT2D eigenvalue weighted by atomic mass is 10.1. The minimum atomic E-state index is -6.99. The van der Waals surface area contributed by atoms with Gasteiger partial charge in [-0.05, 0) is 0 Å². The highest BCUT2D eigenvalue weighted by Gasteiger charge is 2.50. The molecule has 1 N–H and O–H groups in total. The molecule has 17 heteroatoms. The Morgan fingerprint density at radius 1 is 0.484 bits per heavy atom. The monoisotopic (exact) mass is 498 g/mol. The Hall–Kier alpha value is -2.35. The molecule has 0 heterocycles. The number of hydrogen-bond donors (Lipinski definition) is 1. The van der Waals surface area contributed by atoms with Crippen molar-refractivity contribution in [1.29, 1.82) is 0 Å². The minimum absolute atomic E-state index is 3.05. The first-order valence-corrected chi connectivity index (χ1v) is 8.64. The van der Waals surface area contributed by atoms with Crippen LogP contribution < -0.4 is 10.6 Å². The molecule has 0 saturated carbocycles. The maximum Gasteiger partial charge on any atom is 0.422 e. The molecule has 0 fully saturated rings. The minimum Gasteiger partial charge on any atom is -0.338 e. The lowest BCUT2D eigenvalue weighted by Gasteiger charge is -2.20. The summed E-state index contributed by atoms with van der Waals surface area (Å²) in [6, 6.07) is 0. The van der Waals surface area contributed by atoms with Gasteiger partial charge in [0.25, 0.3) is 7.37 Å². The van der Waals surface area contributed by atoms with Gasteiger partial charge < -0.3 is 4.89 Å². The molecule has 0 bridgehead atoms. The van der Waals surface area contributed by atoms with Crippen molar-refractivity contribution in [2.75, 3.05) is 0 Å². The molecule has 0 spiro atoms. The summed E-state index contributed by atoms with van der Waals surface area (Å²) in [5.74, 6) is -26.9. The zero-order chi connectivity index (χ0) is 24.4. The lowest BCUT2D eigenvalue weighted by molar-refractivity contribution is -0.144. The molecule has 0 aliphatic rings. The number of alkyl halides is 6. The second kappa shape index (κ2) is 7.36. The summed E-state index contributed by atoms with van der Waals surface area (Å²) in [6.45, 7) is 0. The van der Waals surface area contributed by atoms with Crippen LogP contribution in [0.3, 0.4) is 0 Å². The highest BCUT2D eigenvalue weighted by molar-refractivity contribution is 7.73. The quantitative estimate of drug-likeness (QED) is 0.358. The van der Waals surface area contributed by atoms with Crippen molar-refractivity contribution < 1.29 is 70.9 Å². The molecule has 0 radical (unpaired) electrons. The molecule has 0 aromatic heterocycles. The van der Waals surface area contributed by atoms with Gasteiger partial charge in [-0.2, -0.15) is 26.3 Å². The van der Waals surface area contributed by atoms with Crippen LogP contribution >= 0.6 is 7.37 Å². The fraction of sp³-hybridized carbons (Fsp3) is 0.143. The summed E-state index contributed by atoms with van der Waals surface area (Å²) < 4.78 is 198. The first-order chi connectivity index (χ1) is 13.8. The Bertz CT molecular complexity index is 990. The normalized spacial score (nSPS) is 13.1. The zero-order valence-electron chi connectivity index (χ0n) is 13.6. The molecule has 0 aliphatic heterocycles. The van der Waals surface area contributed by atoms with Gasteiger partial charge in [-0.1, -0.05) is 0 Å². The first kappa shape index (κ1) is 24.9. The summed E-state index contributed by atoms with van der Waals surface area (Å²) in [7, 11) is -6.99. The molecule has 0 aliphatic carbocycles. The van der Waals surface area contributed by atoms with E-state index >= 15 is 0 Å². The van der Waals surface area contributed by atoms with Crippen LogP contribution in [0.2, 0.25) is 0 Å². The van der Waals surface area contributed by atoms with E-state index < -0.39 is 88.0 Å². The van der Waals surface area contributed by atoms with E-state index in [1.54, 1.807) is 0 Å². The van der Waals surface area contributed by atoms with E-state index in [0.717, 1.165) is 0 Å². The van der Waals surface area contributed by atoms with E-state index in [9.17, 15) is 70.9 Å². The maximum absolute atomic E-state index is 13.9. The van der Waals surface area contributed by atoms with Gasteiger partial charge >= 0.3 is 12.4 Å². The van der Waals surface area contributed by atoms with E-state index in [4.69, 9.17) is 0 Å². The predicted molar refractivity (Wildman–Crippen MR) is 71.6 cm³/mol. The van der Waals surface area contributed by atoms with E-state index in [1.807, 2.05) is 0 Å².